The number of esters is 1. The SMILES string of the molecule is CCOC(=O)C(F)c1nccn1CC. The Morgan fingerprint density at radius 2 is 2.43 bits per heavy atom. The first-order chi connectivity index (χ1) is 6.70. The van der Waals surface area contributed by atoms with Gasteiger partial charge >= 0.3 is 5.97 Å². The number of alkyl halides is 1. The quantitative estimate of drug-likeness (QED) is 0.691. The van der Waals surface area contributed by atoms with E-state index in [9.17, 15) is 9.18 Å². The maximum Gasteiger partial charge on any atom is 0.348 e. The van der Waals surface area contributed by atoms with E-state index in [2.05, 4.69) is 9.72 Å². The maximum absolute atomic E-state index is 13.4. The van der Waals surface area contributed by atoms with Gasteiger partial charge in [-0.15, -0.1) is 0 Å². The Kier molecular flexibility index (Phi) is 3.62. The van der Waals surface area contributed by atoms with Crippen molar-refractivity contribution in [3.8, 4) is 0 Å². The van der Waals surface area contributed by atoms with Crippen LogP contribution >= 0.6 is 0 Å². The predicted molar refractivity (Wildman–Crippen MR) is 48.4 cm³/mol. The van der Waals surface area contributed by atoms with Gasteiger partial charge in [-0.25, -0.2) is 14.2 Å². The Hall–Kier alpha value is -1.39. The minimum atomic E-state index is -1.79. The Bertz CT molecular complexity index is 312. The van der Waals surface area contributed by atoms with E-state index in [1.165, 1.54) is 6.20 Å². The van der Waals surface area contributed by atoms with E-state index in [4.69, 9.17) is 0 Å². The molecule has 0 radical (unpaired) electrons. The van der Waals surface area contributed by atoms with Crippen molar-refractivity contribution < 1.29 is 13.9 Å². The van der Waals surface area contributed by atoms with E-state index < -0.39 is 12.1 Å². The molecule has 1 atom stereocenters. The molecule has 1 aromatic heterocycles. The molecule has 0 saturated heterocycles. The van der Waals surface area contributed by atoms with E-state index >= 15 is 0 Å². The van der Waals surface area contributed by atoms with Crippen LogP contribution in [0.2, 0.25) is 0 Å². The number of hydrogen-bond acceptors (Lipinski definition) is 3. The molecular formula is C9H13FN2O2. The molecule has 0 saturated carbocycles. The van der Waals surface area contributed by atoms with Crippen LogP contribution < -0.4 is 0 Å². The fraction of sp³-hybridized carbons (Fsp3) is 0.556. The monoisotopic (exact) mass is 200 g/mol. The van der Waals surface area contributed by atoms with Crippen molar-refractivity contribution in [1.82, 2.24) is 9.55 Å². The minimum absolute atomic E-state index is 0.103. The molecule has 14 heavy (non-hydrogen) atoms. The van der Waals surface area contributed by atoms with Crippen LogP contribution in [0.15, 0.2) is 12.4 Å². The number of rotatable bonds is 4. The number of carbonyl (C=O) groups is 1. The third-order valence-electron chi connectivity index (χ3n) is 1.81. The van der Waals surface area contributed by atoms with Crippen LogP contribution in [0.5, 0.6) is 0 Å². The number of aromatic nitrogens is 2. The van der Waals surface area contributed by atoms with Crippen molar-refractivity contribution >= 4 is 5.97 Å². The van der Waals surface area contributed by atoms with Gasteiger partial charge in [-0.2, -0.15) is 0 Å². The van der Waals surface area contributed by atoms with Gasteiger partial charge in [0.25, 0.3) is 6.17 Å². The summed E-state index contributed by atoms with van der Waals surface area (Å²) < 4.78 is 19.6. The summed E-state index contributed by atoms with van der Waals surface area (Å²) >= 11 is 0. The average molecular weight is 200 g/mol. The summed E-state index contributed by atoms with van der Waals surface area (Å²) in [5.74, 6) is -0.778. The summed E-state index contributed by atoms with van der Waals surface area (Å²) in [6, 6.07) is 0. The van der Waals surface area contributed by atoms with Crippen LogP contribution in [0.4, 0.5) is 4.39 Å². The molecule has 0 aliphatic rings. The van der Waals surface area contributed by atoms with E-state index in [0.29, 0.717) is 6.54 Å². The highest BCUT2D eigenvalue weighted by atomic mass is 19.1. The summed E-state index contributed by atoms with van der Waals surface area (Å²) in [6.45, 7) is 4.24. The van der Waals surface area contributed by atoms with Crippen LogP contribution in [0.1, 0.15) is 25.8 Å². The number of nitrogens with zero attached hydrogens (tertiary/aromatic N) is 2. The summed E-state index contributed by atoms with van der Waals surface area (Å²) in [6.07, 6.45) is 1.30. The lowest BCUT2D eigenvalue weighted by Crippen LogP contribution is -2.16. The molecule has 0 amide bonds. The molecule has 78 valence electrons. The van der Waals surface area contributed by atoms with Crippen molar-refractivity contribution in [2.24, 2.45) is 0 Å². The van der Waals surface area contributed by atoms with Crippen molar-refractivity contribution in [2.75, 3.05) is 6.61 Å². The van der Waals surface area contributed by atoms with Crippen LogP contribution in [0, 0.1) is 0 Å². The molecule has 0 aliphatic carbocycles. The zero-order valence-corrected chi connectivity index (χ0v) is 8.24. The predicted octanol–water partition coefficient (Wildman–Crippen LogP) is 1.48. The number of ether oxygens (including phenoxy) is 1. The normalized spacial score (nSPS) is 12.5. The first kappa shape index (κ1) is 10.7. The molecule has 0 spiro atoms. The lowest BCUT2D eigenvalue weighted by atomic mass is 10.3. The zero-order chi connectivity index (χ0) is 10.6. The molecule has 0 aromatic carbocycles. The fourth-order valence-electron chi connectivity index (χ4n) is 1.14. The highest BCUT2D eigenvalue weighted by Crippen LogP contribution is 2.16. The molecular weight excluding hydrogens is 187 g/mol. The highest BCUT2D eigenvalue weighted by Gasteiger charge is 2.25. The number of hydrogen-bond donors (Lipinski definition) is 0. The van der Waals surface area contributed by atoms with Gasteiger partial charge in [-0.3, -0.25) is 0 Å². The second-order valence-corrected chi connectivity index (χ2v) is 2.69. The molecule has 1 heterocycles. The van der Waals surface area contributed by atoms with Crippen LogP contribution in [0.3, 0.4) is 0 Å². The summed E-state index contributed by atoms with van der Waals surface area (Å²) in [5, 5.41) is 0. The van der Waals surface area contributed by atoms with E-state index in [1.807, 2.05) is 6.92 Å². The molecule has 0 aliphatic heterocycles. The first-order valence-electron chi connectivity index (χ1n) is 4.52. The lowest BCUT2D eigenvalue weighted by Gasteiger charge is -2.08. The number of imidazole rings is 1. The third-order valence-corrected chi connectivity index (χ3v) is 1.81. The van der Waals surface area contributed by atoms with Gasteiger partial charge in [0.1, 0.15) is 0 Å². The third kappa shape index (κ3) is 2.10. The topological polar surface area (TPSA) is 44.1 Å². The Labute approximate surface area is 81.7 Å². The molecule has 1 aromatic rings. The van der Waals surface area contributed by atoms with Gasteiger partial charge in [0.2, 0.25) is 0 Å². The molecule has 0 fully saturated rings. The molecule has 0 N–H and O–H groups in total. The molecule has 4 nitrogen and oxygen atoms in total. The maximum atomic E-state index is 13.4. The molecule has 5 heteroatoms. The van der Waals surface area contributed by atoms with Crippen molar-refractivity contribution in [2.45, 2.75) is 26.6 Å². The standard InChI is InChI=1S/C9H13FN2O2/c1-3-12-6-5-11-8(12)7(10)9(13)14-4-2/h5-7H,3-4H2,1-2H3. The van der Waals surface area contributed by atoms with Crippen LogP contribution in [-0.4, -0.2) is 22.1 Å². The van der Waals surface area contributed by atoms with Crippen molar-refractivity contribution in [3.05, 3.63) is 18.2 Å². The molecule has 1 unspecified atom stereocenters. The van der Waals surface area contributed by atoms with Gasteiger partial charge in [0.15, 0.2) is 5.82 Å². The van der Waals surface area contributed by atoms with Crippen molar-refractivity contribution in [3.63, 3.8) is 0 Å². The van der Waals surface area contributed by atoms with Gasteiger partial charge in [-0.05, 0) is 13.8 Å². The zero-order valence-electron chi connectivity index (χ0n) is 8.24. The largest absolute Gasteiger partial charge is 0.463 e. The summed E-state index contributed by atoms with van der Waals surface area (Å²) in [7, 11) is 0. The van der Waals surface area contributed by atoms with Crippen molar-refractivity contribution in [1.29, 1.82) is 0 Å². The Morgan fingerprint density at radius 3 is 3.00 bits per heavy atom. The smallest absolute Gasteiger partial charge is 0.348 e. The van der Waals surface area contributed by atoms with E-state index in [-0.39, 0.29) is 12.4 Å². The first-order valence-corrected chi connectivity index (χ1v) is 4.52. The number of aryl methyl sites for hydroxylation is 1. The molecule has 0 bridgehead atoms. The van der Waals surface area contributed by atoms with Gasteiger partial charge < -0.3 is 9.30 Å². The second kappa shape index (κ2) is 4.74. The van der Waals surface area contributed by atoms with E-state index in [1.54, 1.807) is 17.7 Å². The summed E-state index contributed by atoms with van der Waals surface area (Å²) in [5.41, 5.74) is 0. The Morgan fingerprint density at radius 1 is 1.71 bits per heavy atom. The Balaban J connectivity index is 2.77. The molecule has 1 rings (SSSR count). The van der Waals surface area contributed by atoms with E-state index in [0.717, 1.165) is 0 Å². The average Bonchev–Trinajstić information content (AvgIpc) is 2.64. The number of carbonyl (C=O) groups excluding carboxylic acids is 1. The fourth-order valence-corrected chi connectivity index (χ4v) is 1.14. The van der Waals surface area contributed by atoms with Crippen LogP contribution in [-0.2, 0) is 16.1 Å². The van der Waals surface area contributed by atoms with Crippen LogP contribution in [0.25, 0.3) is 0 Å². The number of halogens is 1. The summed E-state index contributed by atoms with van der Waals surface area (Å²) in [4.78, 5) is 14.8. The van der Waals surface area contributed by atoms with Gasteiger partial charge in [-0.1, -0.05) is 0 Å². The minimum Gasteiger partial charge on any atom is -0.463 e. The van der Waals surface area contributed by atoms with Gasteiger partial charge in [0, 0.05) is 18.9 Å². The van der Waals surface area contributed by atoms with Gasteiger partial charge in [0.05, 0.1) is 6.61 Å². The highest BCUT2D eigenvalue weighted by molar-refractivity contribution is 5.75. The second-order valence-electron chi connectivity index (χ2n) is 2.69. The lowest BCUT2D eigenvalue weighted by molar-refractivity contribution is -0.149.